The molecule has 0 unspecified atom stereocenters. The average Bonchev–Trinajstić information content (AvgIpc) is 2.68. The second-order valence-corrected chi connectivity index (χ2v) is 3.10. The van der Waals surface area contributed by atoms with Crippen LogP contribution in [0.25, 0.3) is 0 Å². The highest BCUT2D eigenvalue weighted by molar-refractivity contribution is 5.78. The number of aliphatic carboxylic acids is 1. The minimum absolute atomic E-state index is 0.833. The minimum atomic E-state index is -0.981. The van der Waals surface area contributed by atoms with Crippen LogP contribution in [-0.4, -0.2) is 40.6 Å². The lowest BCUT2D eigenvalue weighted by Crippen LogP contribution is -2.25. The maximum Gasteiger partial charge on any atom is 0.327 e. The lowest BCUT2D eigenvalue weighted by Gasteiger charge is -2.18. The summed E-state index contributed by atoms with van der Waals surface area (Å²) in [7, 11) is 0. The summed E-state index contributed by atoms with van der Waals surface area (Å²) < 4.78 is 0. The van der Waals surface area contributed by atoms with E-state index in [9.17, 15) is 4.79 Å². The number of nitrogens with zero attached hydrogens (tertiary/aromatic N) is 2. The Labute approximate surface area is 96.5 Å². The molecule has 1 rings (SSSR count). The van der Waals surface area contributed by atoms with Crippen molar-refractivity contribution in [2.45, 2.75) is 0 Å². The molecule has 0 saturated carbocycles. The average molecular weight is 222 g/mol. The van der Waals surface area contributed by atoms with Crippen molar-refractivity contribution in [2.75, 3.05) is 19.8 Å². The Morgan fingerprint density at radius 3 is 1.81 bits per heavy atom. The highest BCUT2D eigenvalue weighted by Crippen LogP contribution is 2.04. The van der Waals surface area contributed by atoms with Gasteiger partial charge in [-0.15, -0.1) is 13.2 Å². The molecule has 16 heavy (non-hydrogen) atoms. The fraction of sp³-hybridized carbons (Fsp3) is 0.250. The van der Waals surface area contributed by atoms with Crippen molar-refractivity contribution in [3.63, 3.8) is 0 Å². The molecule has 0 aromatic heterocycles. The van der Waals surface area contributed by atoms with Crippen LogP contribution < -0.4 is 0 Å². The van der Waals surface area contributed by atoms with Gasteiger partial charge in [0, 0.05) is 31.6 Å². The summed E-state index contributed by atoms with van der Waals surface area (Å²) in [6.45, 7) is 13.1. The first kappa shape index (κ1) is 14.0. The normalized spacial score (nSPS) is 12.8. The van der Waals surface area contributed by atoms with Crippen molar-refractivity contribution in [2.24, 2.45) is 0 Å². The van der Waals surface area contributed by atoms with Gasteiger partial charge >= 0.3 is 5.97 Å². The van der Waals surface area contributed by atoms with E-state index in [1.165, 1.54) is 0 Å². The Bertz CT molecular complexity index is 267. The summed E-state index contributed by atoms with van der Waals surface area (Å²) in [4.78, 5) is 13.6. The van der Waals surface area contributed by atoms with Gasteiger partial charge in [-0.1, -0.05) is 18.7 Å². The Balaban J connectivity index is 0.000000385. The maximum absolute atomic E-state index is 9.25. The van der Waals surface area contributed by atoms with Gasteiger partial charge in [-0.25, -0.2) is 4.79 Å². The summed E-state index contributed by atoms with van der Waals surface area (Å²) in [5.74, 6) is -0.981. The van der Waals surface area contributed by atoms with Crippen molar-refractivity contribution >= 4 is 5.97 Å². The van der Waals surface area contributed by atoms with Crippen LogP contribution in [0, 0.1) is 0 Å². The van der Waals surface area contributed by atoms with Gasteiger partial charge < -0.3 is 14.9 Å². The van der Waals surface area contributed by atoms with Crippen LogP contribution in [0.5, 0.6) is 0 Å². The molecule has 88 valence electrons. The van der Waals surface area contributed by atoms with Crippen LogP contribution in [0.4, 0.5) is 0 Å². The highest BCUT2D eigenvalue weighted by Gasteiger charge is 2.07. The largest absolute Gasteiger partial charge is 0.478 e. The zero-order valence-corrected chi connectivity index (χ0v) is 9.38. The number of carbonyl (C=O) groups is 1. The van der Waals surface area contributed by atoms with Crippen LogP contribution in [0.3, 0.4) is 0 Å². The number of carboxylic acid groups (broad SMARTS) is 1. The third kappa shape index (κ3) is 6.48. The lowest BCUT2D eigenvalue weighted by atomic mass is 10.5. The topological polar surface area (TPSA) is 43.8 Å². The zero-order chi connectivity index (χ0) is 12.4. The van der Waals surface area contributed by atoms with E-state index >= 15 is 0 Å². The van der Waals surface area contributed by atoms with Crippen molar-refractivity contribution in [1.82, 2.24) is 9.80 Å². The molecule has 1 aliphatic heterocycles. The molecule has 0 atom stereocenters. The summed E-state index contributed by atoms with van der Waals surface area (Å²) in [5, 5.41) is 7.60. The molecule has 4 heteroatoms. The Morgan fingerprint density at radius 2 is 1.56 bits per heavy atom. The molecule has 0 aromatic rings. The van der Waals surface area contributed by atoms with Gasteiger partial charge in [0.25, 0.3) is 0 Å². The summed E-state index contributed by atoms with van der Waals surface area (Å²) in [6, 6.07) is 0. The van der Waals surface area contributed by atoms with Crippen LogP contribution in [0.15, 0.2) is 50.4 Å². The molecular formula is C12H18N2O2. The van der Waals surface area contributed by atoms with Crippen LogP contribution >= 0.6 is 0 Å². The van der Waals surface area contributed by atoms with E-state index < -0.39 is 5.97 Å². The van der Waals surface area contributed by atoms with Crippen LogP contribution in [0.2, 0.25) is 0 Å². The standard InChI is InChI=1S/C9H14N2.C3H4O2/c1-3-5-10-7-8-11(9-10)6-4-2;1-2-3(4)5/h3-4,7-8H,1-2,5-6,9H2;2H,1H2,(H,4,5). The third-order valence-electron chi connectivity index (χ3n) is 1.75. The summed E-state index contributed by atoms with van der Waals surface area (Å²) in [6.07, 6.45) is 8.79. The number of hydrogen-bond acceptors (Lipinski definition) is 3. The highest BCUT2D eigenvalue weighted by atomic mass is 16.4. The molecule has 0 amide bonds. The molecule has 1 aliphatic rings. The molecule has 0 spiro atoms. The van der Waals surface area contributed by atoms with Crippen LogP contribution in [-0.2, 0) is 4.79 Å². The van der Waals surface area contributed by atoms with E-state index in [1.54, 1.807) is 0 Å². The number of rotatable bonds is 5. The Kier molecular flexibility index (Phi) is 7.32. The first-order chi connectivity index (χ1) is 7.63. The fourth-order valence-electron chi connectivity index (χ4n) is 1.08. The predicted molar refractivity (Wildman–Crippen MR) is 65.6 cm³/mol. The van der Waals surface area contributed by atoms with Gasteiger partial charge in [0.2, 0.25) is 0 Å². The second kappa shape index (κ2) is 8.35. The van der Waals surface area contributed by atoms with E-state index in [2.05, 4.69) is 41.9 Å². The Hall–Kier alpha value is -1.97. The van der Waals surface area contributed by atoms with Crippen LogP contribution in [0.1, 0.15) is 0 Å². The molecule has 0 bridgehead atoms. The quantitative estimate of drug-likeness (QED) is 0.567. The van der Waals surface area contributed by atoms with Crippen molar-refractivity contribution < 1.29 is 9.90 Å². The third-order valence-corrected chi connectivity index (χ3v) is 1.75. The van der Waals surface area contributed by atoms with Gasteiger partial charge in [-0.2, -0.15) is 0 Å². The molecular weight excluding hydrogens is 204 g/mol. The molecule has 1 heterocycles. The van der Waals surface area contributed by atoms with E-state index in [1.807, 2.05) is 12.2 Å². The predicted octanol–water partition coefficient (Wildman–Crippen LogP) is 1.66. The van der Waals surface area contributed by atoms with Crippen molar-refractivity contribution in [1.29, 1.82) is 0 Å². The van der Waals surface area contributed by atoms with E-state index in [-0.39, 0.29) is 0 Å². The monoisotopic (exact) mass is 222 g/mol. The minimum Gasteiger partial charge on any atom is -0.478 e. The zero-order valence-electron chi connectivity index (χ0n) is 9.38. The van der Waals surface area contributed by atoms with Gasteiger partial charge in [0.05, 0.1) is 6.67 Å². The lowest BCUT2D eigenvalue weighted by molar-refractivity contribution is -0.131. The van der Waals surface area contributed by atoms with Gasteiger partial charge in [-0.05, 0) is 0 Å². The summed E-state index contributed by atoms with van der Waals surface area (Å²) >= 11 is 0. The molecule has 0 radical (unpaired) electrons. The molecule has 1 N–H and O–H groups in total. The molecule has 0 aliphatic carbocycles. The van der Waals surface area contributed by atoms with Crippen molar-refractivity contribution in [3.05, 3.63) is 50.4 Å². The SMILES string of the molecule is C=CC(=O)O.C=CCN1C=CN(CC=C)C1. The van der Waals surface area contributed by atoms with Gasteiger partial charge in [0.1, 0.15) is 0 Å². The maximum atomic E-state index is 9.25. The first-order valence-electron chi connectivity index (χ1n) is 4.87. The van der Waals surface area contributed by atoms with E-state index in [0.717, 1.165) is 25.8 Å². The Morgan fingerprint density at radius 1 is 1.19 bits per heavy atom. The summed E-state index contributed by atoms with van der Waals surface area (Å²) in [5.41, 5.74) is 0. The molecule has 0 aromatic carbocycles. The van der Waals surface area contributed by atoms with Gasteiger partial charge in [0.15, 0.2) is 0 Å². The molecule has 0 fully saturated rings. The molecule has 0 saturated heterocycles. The first-order valence-corrected chi connectivity index (χ1v) is 4.87. The van der Waals surface area contributed by atoms with Crippen molar-refractivity contribution in [3.8, 4) is 0 Å². The number of carboxylic acids is 1. The van der Waals surface area contributed by atoms with E-state index in [4.69, 9.17) is 5.11 Å². The van der Waals surface area contributed by atoms with Gasteiger partial charge in [-0.3, -0.25) is 0 Å². The smallest absolute Gasteiger partial charge is 0.327 e. The second-order valence-electron chi connectivity index (χ2n) is 3.10. The van der Waals surface area contributed by atoms with E-state index in [0.29, 0.717) is 0 Å². The number of hydrogen-bond donors (Lipinski definition) is 1. The fourth-order valence-corrected chi connectivity index (χ4v) is 1.08. The molecule has 4 nitrogen and oxygen atoms in total.